The first-order chi connectivity index (χ1) is 12.9. The maximum atomic E-state index is 12.5. The van der Waals surface area contributed by atoms with E-state index in [0.29, 0.717) is 22.9 Å². The number of carbonyl (C=O) groups excluding carboxylic acids is 1. The predicted octanol–water partition coefficient (Wildman–Crippen LogP) is 5.14. The highest BCUT2D eigenvalue weighted by Gasteiger charge is 2.12. The van der Waals surface area contributed by atoms with Gasteiger partial charge in [0.15, 0.2) is 0 Å². The molecule has 0 bridgehead atoms. The molecule has 3 aromatic rings. The van der Waals surface area contributed by atoms with Gasteiger partial charge in [0, 0.05) is 17.4 Å². The zero-order chi connectivity index (χ0) is 19.4. The van der Waals surface area contributed by atoms with E-state index in [-0.39, 0.29) is 11.7 Å². The number of hydrogen-bond acceptors (Lipinski definition) is 4. The molecule has 0 spiro atoms. The number of rotatable bonds is 5. The molecule has 1 amide bonds. The summed E-state index contributed by atoms with van der Waals surface area (Å²) in [5.41, 5.74) is 8.72. The number of anilines is 2. The van der Waals surface area contributed by atoms with E-state index in [1.807, 2.05) is 37.3 Å². The van der Waals surface area contributed by atoms with Crippen LogP contribution in [0.4, 0.5) is 11.5 Å². The Morgan fingerprint density at radius 3 is 2.59 bits per heavy atom. The average molecular weight is 361 g/mol. The zero-order valence-corrected chi connectivity index (χ0v) is 15.7. The van der Waals surface area contributed by atoms with Gasteiger partial charge in [-0.25, -0.2) is 4.98 Å². The van der Waals surface area contributed by atoms with Gasteiger partial charge < -0.3 is 15.8 Å². The lowest BCUT2D eigenvalue weighted by Crippen LogP contribution is -2.15. The highest BCUT2D eigenvalue weighted by molar-refractivity contribution is 6.07. The molecule has 0 radical (unpaired) electrons. The molecule has 1 heterocycles. The summed E-state index contributed by atoms with van der Waals surface area (Å²) in [7, 11) is 0. The van der Waals surface area contributed by atoms with Crippen LogP contribution in [0.25, 0.3) is 0 Å². The summed E-state index contributed by atoms with van der Waals surface area (Å²) < 4.78 is 6.05. The standard InChI is InChI=1S/C22H23N3O2/c1-14(2)18-9-4-5-10-20(18)27-17-8-6-7-16(13-17)25-22(26)19-12-11-15(3)24-21(19)23/h4-14H,1-3H3,(H2,23,24)(H,25,26). The molecule has 2 aromatic carbocycles. The van der Waals surface area contributed by atoms with Crippen molar-refractivity contribution >= 4 is 17.4 Å². The number of amides is 1. The number of hydrogen-bond donors (Lipinski definition) is 2. The number of nitrogens with two attached hydrogens (primary N) is 1. The second kappa shape index (κ2) is 7.91. The van der Waals surface area contributed by atoms with E-state index in [2.05, 4.69) is 30.2 Å². The fourth-order valence-electron chi connectivity index (χ4n) is 2.78. The maximum Gasteiger partial charge on any atom is 0.259 e. The van der Waals surface area contributed by atoms with Crippen LogP contribution in [0, 0.1) is 6.92 Å². The van der Waals surface area contributed by atoms with E-state index >= 15 is 0 Å². The molecular weight excluding hydrogens is 338 g/mol. The van der Waals surface area contributed by atoms with Crippen LogP contribution in [0.5, 0.6) is 11.5 Å². The number of para-hydroxylation sites is 1. The van der Waals surface area contributed by atoms with Crippen molar-refractivity contribution in [1.29, 1.82) is 0 Å². The number of ether oxygens (including phenoxy) is 1. The summed E-state index contributed by atoms with van der Waals surface area (Å²) in [6.07, 6.45) is 0. The van der Waals surface area contributed by atoms with Gasteiger partial charge in [0.05, 0.1) is 5.56 Å². The van der Waals surface area contributed by atoms with E-state index in [4.69, 9.17) is 10.5 Å². The molecule has 0 aliphatic rings. The van der Waals surface area contributed by atoms with Crippen LogP contribution < -0.4 is 15.8 Å². The Labute approximate surface area is 159 Å². The Kier molecular flexibility index (Phi) is 5.41. The van der Waals surface area contributed by atoms with Gasteiger partial charge in [0.25, 0.3) is 5.91 Å². The highest BCUT2D eigenvalue weighted by atomic mass is 16.5. The fourth-order valence-corrected chi connectivity index (χ4v) is 2.78. The van der Waals surface area contributed by atoms with Gasteiger partial charge in [-0.1, -0.05) is 38.1 Å². The topological polar surface area (TPSA) is 77.2 Å². The van der Waals surface area contributed by atoms with Crippen LogP contribution in [0.3, 0.4) is 0 Å². The molecular formula is C22H23N3O2. The quantitative estimate of drug-likeness (QED) is 0.659. The van der Waals surface area contributed by atoms with Crippen molar-refractivity contribution in [2.75, 3.05) is 11.1 Å². The number of nitrogen functional groups attached to an aromatic ring is 1. The molecule has 3 N–H and O–H groups in total. The maximum absolute atomic E-state index is 12.5. The van der Waals surface area contributed by atoms with Crippen LogP contribution >= 0.6 is 0 Å². The van der Waals surface area contributed by atoms with Crippen LogP contribution in [-0.4, -0.2) is 10.9 Å². The van der Waals surface area contributed by atoms with Crippen molar-refractivity contribution in [2.45, 2.75) is 26.7 Å². The Balaban J connectivity index is 1.79. The summed E-state index contributed by atoms with van der Waals surface area (Å²) in [6.45, 7) is 6.07. The molecule has 5 heteroatoms. The third-order valence-corrected chi connectivity index (χ3v) is 4.17. The minimum absolute atomic E-state index is 0.214. The van der Waals surface area contributed by atoms with Gasteiger partial charge in [-0.2, -0.15) is 0 Å². The molecule has 0 unspecified atom stereocenters. The number of aromatic nitrogens is 1. The summed E-state index contributed by atoms with van der Waals surface area (Å²) in [4.78, 5) is 16.6. The number of aryl methyl sites for hydroxylation is 1. The number of carbonyl (C=O) groups is 1. The molecule has 0 aliphatic heterocycles. The largest absolute Gasteiger partial charge is 0.457 e. The van der Waals surface area contributed by atoms with E-state index < -0.39 is 0 Å². The minimum Gasteiger partial charge on any atom is -0.457 e. The Morgan fingerprint density at radius 2 is 1.85 bits per heavy atom. The molecule has 0 saturated carbocycles. The van der Waals surface area contributed by atoms with Crippen molar-refractivity contribution in [3.8, 4) is 11.5 Å². The summed E-state index contributed by atoms with van der Waals surface area (Å²) >= 11 is 0. The minimum atomic E-state index is -0.306. The Bertz CT molecular complexity index is 967. The normalized spacial score (nSPS) is 10.7. The van der Waals surface area contributed by atoms with Crippen LogP contribution in [0.15, 0.2) is 60.7 Å². The summed E-state index contributed by atoms with van der Waals surface area (Å²) in [6, 6.07) is 18.6. The van der Waals surface area contributed by atoms with Crippen molar-refractivity contribution in [2.24, 2.45) is 0 Å². The second-order valence-corrected chi connectivity index (χ2v) is 6.66. The van der Waals surface area contributed by atoms with Gasteiger partial charge in [0.2, 0.25) is 0 Å². The number of nitrogens with one attached hydrogen (secondary N) is 1. The smallest absolute Gasteiger partial charge is 0.259 e. The van der Waals surface area contributed by atoms with Crippen molar-refractivity contribution in [3.05, 3.63) is 77.5 Å². The van der Waals surface area contributed by atoms with Gasteiger partial charge >= 0.3 is 0 Å². The molecule has 3 rings (SSSR count). The van der Waals surface area contributed by atoms with Crippen LogP contribution in [0.2, 0.25) is 0 Å². The van der Waals surface area contributed by atoms with Gasteiger partial charge in [-0.05, 0) is 48.7 Å². The van der Waals surface area contributed by atoms with E-state index in [0.717, 1.165) is 17.0 Å². The fraction of sp³-hybridized carbons (Fsp3) is 0.182. The zero-order valence-electron chi connectivity index (χ0n) is 15.7. The van der Waals surface area contributed by atoms with Gasteiger partial charge in [0.1, 0.15) is 17.3 Å². The van der Waals surface area contributed by atoms with E-state index in [1.165, 1.54) is 0 Å². The Morgan fingerprint density at radius 1 is 1.07 bits per heavy atom. The molecule has 27 heavy (non-hydrogen) atoms. The highest BCUT2D eigenvalue weighted by Crippen LogP contribution is 2.31. The number of nitrogens with zero attached hydrogens (tertiary/aromatic N) is 1. The third kappa shape index (κ3) is 4.44. The first-order valence-electron chi connectivity index (χ1n) is 8.85. The molecule has 0 atom stereocenters. The molecule has 1 aromatic heterocycles. The van der Waals surface area contributed by atoms with Gasteiger partial charge in [-0.15, -0.1) is 0 Å². The first kappa shape index (κ1) is 18.5. The van der Waals surface area contributed by atoms with Crippen molar-refractivity contribution in [3.63, 3.8) is 0 Å². The molecule has 0 fully saturated rings. The summed E-state index contributed by atoms with van der Waals surface area (Å²) in [5.74, 6) is 1.71. The van der Waals surface area contributed by atoms with E-state index in [1.54, 1.807) is 24.3 Å². The van der Waals surface area contributed by atoms with Crippen LogP contribution in [-0.2, 0) is 0 Å². The number of pyridine rings is 1. The predicted molar refractivity (Wildman–Crippen MR) is 108 cm³/mol. The average Bonchev–Trinajstić information content (AvgIpc) is 2.62. The molecule has 0 saturated heterocycles. The summed E-state index contributed by atoms with van der Waals surface area (Å²) in [5, 5.41) is 2.84. The SMILES string of the molecule is Cc1ccc(C(=O)Nc2cccc(Oc3ccccc3C(C)C)c2)c(N)n1. The van der Waals surface area contributed by atoms with Gasteiger partial charge in [-0.3, -0.25) is 4.79 Å². The molecule has 5 nitrogen and oxygen atoms in total. The van der Waals surface area contributed by atoms with E-state index in [9.17, 15) is 4.79 Å². The third-order valence-electron chi connectivity index (χ3n) is 4.17. The van der Waals surface area contributed by atoms with Crippen LogP contribution in [0.1, 0.15) is 41.4 Å². The lowest BCUT2D eigenvalue weighted by molar-refractivity contribution is 0.102. The first-order valence-corrected chi connectivity index (χ1v) is 8.85. The van der Waals surface area contributed by atoms with Crippen molar-refractivity contribution < 1.29 is 9.53 Å². The second-order valence-electron chi connectivity index (χ2n) is 6.66. The lowest BCUT2D eigenvalue weighted by Gasteiger charge is -2.14. The number of benzene rings is 2. The monoisotopic (exact) mass is 361 g/mol. The Hall–Kier alpha value is -3.34. The lowest BCUT2D eigenvalue weighted by atomic mass is 10.0. The molecule has 138 valence electrons. The van der Waals surface area contributed by atoms with Crippen molar-refractivity contribution in [1.82, 2.24) is 4.98 Å². The molecule has 0 aliphatic carbocycles.